The lowest BCUT2D eigenvalue weighted by Gasteiger charge is -2.27. The van der Waals surface area contributed by atoms with Gasteiger partial charge in [-0.15, -0.1) is 0 Å². The van der Waals surface area contributed by atoms with Crippen molar-refractivity contribution in [3.05, 3.63) is 157 Å². The third kappa shape index (κ3) is 5.10. The number of benzene rings is 5. The van der Waals surface area contributed by atoms with Crippen LogP contribution in [0.3, 0.4) is 0 Å². The number of aryl methyl sites for hydroxylation is 2. The largest absolute Gasteiger partial charge is 0.310 e. The maximum Gasteiger partial charge on any atom is 0.0715 e. The van der Waals surface area contributed by atoms with Crippen molar-refractivity contribution in [2.24, 2.45) is 0 Å². The van der Waals surface area contributed by atoms with Gasteiger partial charge in [0, 0.05) is 28.2 Å². The number of anilines is 3. The molecule has 0 radical (unpaired) electrons. The van der Waals surface area contributed by atoms with Crippen LogP contribution < -0.4 is 4.90 Å². The van der Waals surface area contributed by atoms with E-state index in [9.17, 15) is 0 Å². The predicted molar refractivity (Wildman–Crippen MR) is 165 cm³/mol. The summed E-state index contributed by atoms with van der Waals surface area (Å²) in [6.45, 7) is 4.43. The van der Waals surface area contributed by atoms with Crippen LogP contribution in [0.15, 0.2) is 146 Å². The van der Waals surface area contributed by atoms with Crippen molar-refractivity contribution in [3.63, 3.8) is 0 Å². The number of para-hydroxylation sites is 2. The van der Waals surface area contributed by atoms with Crippen molar-refractivity contribution in [2.45, 2.75) is 13.8 Å². The summed E-state index contributed by atoms with van der Waals surface area (Å²) in [4.78, 5) is 7.40. The molecule has 5 aromatic carbocycles. The van der Waals surface area contributed by atoms with Gasteiger partial charge in [0.05, 0.1) is 11.4 Å². The summed E-state index contributed by atoms with van der Waals surface area (Å²) in [5, 5.41) is 0. The lowest BCUT2D eigenvalue weighted by Crippen LogP contribution is -2.10. The fourth-order valence-electron chi connectivity index (χ4n) is 5.31. The molecule has 2 heteroatoms. The molecule has 188 valence electrons. The Hall–Kier alpha value is -4.95. The van der Waals surface area contributed by atoms with Gasteiger partial charge in [0.1, 0.15) is 0 Å². The van der Waals surface area contributed by atoms with Crippen LogP contribution in [0.5, 0.6) is 0 Å². The average molecular weight is 503 g/mol. The van der Waals surface area contributed by atoms with Gasteiger partial charge in [-0.1, -0.05) is 97.1 Å². The maximum absolute atomic E-state index is 5.08. The first kappa shape index (κ1) is 24.4. The summed E-state index contributed by atoms with van der Waals surface area (Å²) < 4.78 is 0. The zero-order valence-electron chi connectivity index (χ0n) is 22.3. The third-order valence-electron chi connectivity index (χ3n) is 7.06. The highest BCUT2D eigenvalue weighted by molar-refractivity contribution is 5.84. The molecule has 6 rings (SSSR count). The molecule has 6 aromatic rings. The molecule has 0 aliphatic carbocycles. The van der Waals surface area contributed by atoms with Crippen LogP contribution in [0.4, 0.5) is 17.1 Å². The molecule has 0 atom stereocenters. The summed E-state index contributed by atoms with van der Waals surface area (Å²) >= 11 is 0. The quantitative estimate of drug-likeness (QED) is 0.225. The number of nitrogens with zero attached hydrogens (tertiary/aromatic N) is 2. The van der Waals surface area contributed by atoms with Crippen LogP contribution in [-0.2, 0) is 0 Å². The summed E-state index contributed by atoms with van der Waals surface area (Å²) in [7, 11) is 0. The molecule has 0 unspecified atom stereocenters. The molecule has 0 N–H and O–H groups in total. The molecule has 1 heterocycles. The van der Waals surface area contributed by atoms with Crippen molar-refractivity contribution < 1.29 is 0 Å². The number of pyridine rings is 1. The summed E-state index contributed by atoms with van der Waals surface area (Å²) in [5.74, 6) is 0. The maximum atomic E-state index is 5.08. The smallest absolute Gasteiger partial charge is 0.0715 e. The molecular formula is C37H30N2. The van der Waals surface area contributed by atoms with E-state index in [2.05, 4.69) is 152 Å². The average Bonchev–Trinajstić information content (AvgIpc) is 2.99. The van der Waals surface area contributed by atoms with Crippen molar-refractivity contribution in [2.75, 3.05) is 4.90 Å². The first-order chi connectivity index (χ1) is 19.2. The van der Waals surface area contributed by atoms with Crippen molar-refractivity contribution in [1.82, 2.24) is 4.98 Å². The van der Waals surface area contributed by atoms with E-state index in [1.54, 1.807) is 0 Å². The van der Waals surface area contributed by atoms with E-state index in [1.165, 1.54) is 22.3 Å². The Balaban J connectivity index is 1.51. The summed E-state index contributed by atoms with van der Waals surface area (Å²) in [5.41, 5.74) is 12.5. The highest BCUT2D eigenvalue weighted by Gasteiger charge is 2.17. The zero-order chi connectivity index (χ0) is 26.6. The molecule has 0 saturated carbocycles. The van der Waals surface area contributed by atoms with E-state index >= 15 is 0 Å². The lowest BCUT2D eigenvalue weighted by molar-refractivity contribution is 1.25. The highest BCUT2D eigenvalue weighted by Crippen LogP contribution is 2.40. The van der Waals surface area contributed by atoms with Gasteiger partial charge in [-0.25, -0.2) is 4.98 Å². The predicted octanol–water partition coefficient (Wildman–Crippen LogP) is 10.2. The summed E-state index contributed by atoms with van der Waals surface area (Å²) in [6, 6.07) is 51.0. The van der Waals surface area contributed by atoms with Crippen molar-refractivity contribution in [3.8, 4) is 33.6 Å². The molecule has 0 aliphatic heterocycles. The molecular weight excluding hydrogens is 472 g/mol. The topological polar surface area (TPSA) is 16.1 Å². The van der Waals surface area contributed by atoms with Gasteiger partial charge in [0.2, 0.25) is 0 Å². The standard InChI is InChI=1S/C37H30N2/c1-27-23-34(39(32-19-11-5-12-20-32)33-21-13-6-14-22-33)24-28(2)37(27)31-25-35(29-15-7-3-8-16-29)38-36(26-31)30-17-9-4-10-18-30/h3-26H,1-2H3. The first-order valence-electron chi connectivity index (χ1n) is 13.3. The second-order valence-corrected chi connectivity index (χ2v) is 9.82. The van der Waals surface area contributed by atoms with Gasteiger partial charge in [-0.3, -0.25) is 0 Å². The fourth-order valence-corrected chi connectivity index (χ4v) is 5.31. The Labute approximate surface area is 230 Å². The van der Waals surface area contributed by atoms with Gasteiger partial charge >= 0.3 is 0 Å². The van der Waals surface area contributed by atoms with Gasteiger partial charge in [-0.2, -0.15) is 0 Å². The molecule has 0 saturated heterocycles. The minimum atomic E-state index is 0.977. The van der Waals surface area contributed by atoms with E-state index in [0.29, 0.717) is 0 Å². The van der Waals surface area contributed by atoms with E-state index in [0.717, 1.165) is 39.6 Å². The Morgan fingerprint density at radius 1 is 0.410 bits per heavy atom. The zero-order valence-corrected chi connectivity index (χ0v) is 22.3. The second-order valence-electron chi connectivity index (χ2n) is 9.82. The van der Waals surface area contributed by atoms with Crippen LogP contribution in [0.1, 0.15) is 11.1 Å². The van der Waals surface area contributed by atoms with Crippen LogP contribution >= 0.6 is 0 Å². The van der Waals surface area contributed by atoms with E-state index < -0.39 is 0 Å². The van der Waals surface area contributed by atoms with E-state index in [1.807, 2.05) is 12.1 Å². The number of hydrogen-bond donors (Lipinski definition) is 0. The van der Waals surface area contributed by atoms with Crippen LogP contribution in [0, 0.1) is 13.8 Å². The molecule has 0 fully saturated rings. The van der Waals surface area contributed by atoms with Crippen molar-refractivity contribution in [1.29, 1.82) is 0 Å². The number of hydrogen-bond acceptors (Lipinski definition) is 2. The minimum absolute atomic E-state index is 0.977. The highest BCUT2D eigenvalue weighted by atomic mass is 15.1. The Bertz CT molecular complexity index is 1570. The first-order valence-corrected chi connectivity index (χ1v) is 13.3. The minimum Gasteiger partial charge on any atom is -0.310 e. The molecule has 1 aromatic heterocycles. The monoisotopic (exact) mass is 502 g/mol. The SMILES string of the molecule is Cc1cc(N(c2ccccc2)c2ccccc2)cc(C)c1-c1cc(-c2ccccc2)nc(-c2ccccc2)c1. The third-order valence-corrected chi connectivity index (χ3v) is 7.06. The van der Waals surface area contributed by atoms with Crippen molar-refractivity contribution >= 4 is 17.1 Å². The fraction of sp³-hybridized carbons (Fsp3) is 0.0541. The number of rotatable bonds is 6. The molecule has 0 bridgehead atoms. The van der Waals surface area contributed by atoms with E-state index in [-0.39, 0.29) is 0 Å². The van der Waals surface area contributed by atoms with Gasteiger partial charge in [0.25, 0.3) is 0 Å². The second kappa shape index (κ2) is 10.8. The molecule has 39 heavy (non-hydrogen) atoms. The molecule has 2 nitrogen and oxygen atoms in total. The van der Waals surface area contributed by atoms with Crippen LogP contribution in [0.25, 0.3) is 33.6 Å². The van der Waals surface area contributed by atoms with E-state index in [4.69, 9.17) is 4.98 Å². The Morgan fingerprint density at radius 3 is 1.21 bits per heavy atom. The summed E-state index contributed by atoms with van der Waals surface area (Å²) in [6.07, 6.45) is 0. The molecule has 0 amide bonds. The molecule has 0 aliphatic rings. The van der Waals surface area contributed by atoms with Gasteiger partial charge in [0.15, 0.2) is 0 Å². The van der Waals surface area contributed by atoms with Gasteiger partial charge in [-0.05, 0) is 84.6 Å². The Morgan fingerprint density at radius 2 is 0.795 bits per heavy atom. The normalized spacial score (nSPS) is 10.8. The van der Waals surface area contributed by atoms with Crippen LogP contribution in [0.2, 0.25) is 0 Å². The van der Waals surface area contributed by atoms with Crippen LogP contribution in [-0.4, -0.2) is 4.98 Å². The molecule has 0 spiro atoms. The lowest BCUT2D eigenvalue weighted by atomic mass is 9.92. The van der Waals surface area contributed by atoms with Gasteiger partial charge < -0.3 is 4.90 Å². The Kier molecular flexibility index (Phi) is 6.76. The number of aromatic nitrogens is 1.